The minimum atomic E-state index is -0.194. The van der Waals surface area contributed by atoms with E-state index in [1.807, 2.05) is 48.9 Å². The number of aromatic nitrogens is 6. The summed E-state index contributed by atoms with van der Waals surface area (Å²) in [6.07, 6.45) is 18.5. The molecule has 9 nitrogen and oxygen atoms in total. The van der Waals surface area contributed by atoms with Gasteiger partial charge < -0.3 is 13.8 Å². The van der Waals surface area contributed by atoms with E-state index in [9.17, 15) is 4.79 Å². The first-order chi connectivity index (χ1) is 14.1. The van der Waals surface area contributed by atoms with Gasteiger partial charge in [-0.15, -0.1) is 12.8 Å². The van der Waals surface area contributed by atoms with Gasteiger partial charge in [0.25, 0.3) is 7.12 Å². The van der Waals surface area contributed by atoms with Crippen LogP contribution in [0.15, 0.2) is 67.5 Å². The molecule has 3 aromatic heterocycles. The van der Waals surface area contributed by atoms with E-state index < -0.39 is 0 Å². The molecule has 0 aromatic carbocycles. The summed E-state index contributed by atoms with van der Waals surface area (Å²) in [7, 11) is 0.185. The number of hydrogen-bond donors (Lipinski definition) is 0. The summed E-state index contributed by atoms with van der Waals surface area (Å²) in [6, 6.07) is 5.62. The van der Waals surface area contributed by atoms with Gasteiger partial charge in [0.1, 0.15) is 11.4 Å². The van der Waals surface area contributed by atoms with Crippen molar-refractivity contribution in [3.05, 3.63) is 85.3 Å². The number of nitrogens with zero attached hydrogens (tertiary/aromatic N) is 7. The van der Waals surface area contributed by atoms with Crippen LogP contribution >= 0.6 is 7.92 Å². The number of carbonyl (C=O) groups is 1. The minimum absolute atomic E-state index is 0. The molecule has 1 aliphatic carbocycles. The first kappa shape index (κ1) is 27.8. The Kier molecular flexibility index (Phi) is 15.4. The van der Waals surface area contributed by atoms with Gasteiger partial charge in [0, 0.05) is 52.5 Å². The van der Waals surface area contributed by atoms with E-state index in [1.54, 1.807) is 45.2 Å². The number of rotatable bonds is 3. The van der Waals surface area contributed by atoms with Crippen LogP contribution in [0.5, 0.6) is 0 Å². The number of nitroso groups, excluding NO2 is 1. The van der Waals surface area contributed by atoms with Gasteiger partial charge in [-0.2, -0.15) is 0 Å². The van der Waals surface area contributed by atoms with Crippen LogP contribution in [0.4, 0.5) is 0 Å². The summed E-state index contributed by atoms with van der Waals surface area (Å²) >= 11 is 0. The predicted octanol–water partition coefficient (Wildman–Crippen LogP) is 2.04. The summed E-state index contributed by atoms with van der Waals surface area (Å²) < 4.78 is 5.38. The van der Waals surface area contributed by atoms with E-state index >= 15 is 0 Å². The first-order valence-electron chi connectivity index (χ1n) is 8.70. The maximum absolute atomic E-state index is 10.3. The Morgan fingerprint density at radius 2 is 1.30 bits per heavy atom. The minimum Gasteiger partial charge on any atom is -0.425 e. The molecule has 0 amide bonds. The fourth-order valence-corrected chi connectivity index (χ4v) is 2.11. The Bertz CT molecular complexity index is 728. The van der Waals surface area contributed by atoms with Crippen LogP contribution in [-0.2, 0) is 25.9 Å². The van der Waals surface area contributed by atoms with Gasteiger partial charge in [-0.1, -0.05) is 12.2 Å². The average molecular weight is 596 g/mol. The Balaban J connectivity index is 0.000000505. The van der Waals surface area contributed by atoms with Gasteiger partial charge >= 0.3 is 0 Å². The van der Waals surface area contributed by atoms with E-state index in [4.69, 9.17) is 10.5 Å². The smallest absolute Gasteiger partial charge is 0.260 e. The zero-order valence-corrected chi connectivity index (χ0v) is 20.9. The number of carbonyl (C=O) groups excluding carboxylic acids is 1. The van der Waals surface area contributed by atoms with Gasteiger partial charge in [-0.3, -0.25) is 4.79 Å². The molecule has 0 saturated heterocycles. The summed E-state index contributed by atoms with van der Waals surface area (Å²) in [4.78, 5) is 17.6. The van der Waals surface area contributed by atoms with Crippen molar-refractivity contribution in [2.45, 2.75) is 6.42 Å². The molecule has 0 unspecified atom stereocenters. The maximum atomic E-state index is 10.3. The summed E-state index contributed by atoms with van der Waals surface area (Å²) in [5, 5.41) is 12.7. The Labute approximate surface area is 192 Å². The topological polar surface area (TPSA) is 110 Å². The molecule has 1 aliphatic rings. The molecule has 4 radical (unpaired) electrons. The van der Waals surface area contributed by atoms with Gasteiger partial charge in [-0.05, 0) is 63.2 Å². The van der Waals surface area contributed by atoms with Crippen LogP contribution < -0.4 is 5.59 Å². The molecule has 3 aromatic rings. The van der Waals surface area contributed by atoms with E-state index in [2.05, 4.69) is 35.3 Å². The third kappa shape index (κ3) is 10.6. The molecule has 0 atom stereocenters. The van der Waals surface area contributed by atoms with E-state index in [0.29, 0.717) is 14.3 Å². The number of ketones is 1. The van der Waals surface area contributed by atoms with E-state index in [-0.39, 0.29) is 34.0 Å². The van der Waals surface area contributed by atoms with Crippen LogP contribution in [0.2, 0.25) is 0 Å². The fraction of sp³-hybridized carbons (Fsp3) is 0.222. The van der Waals surface area contributed by atoms with E-state index in [0.717, 1.165) is 0 Å². The molecule has 4 rings (SSSR count). The van der Waals surface area contributed by atoms with Crippen molar-refractivity contribution < 1.29 is 25.9 Å². The molecular weight excluding hydrogens is 572 g/mol. The van der Waals surface area contributed by atoms with Crippen LogP contribution in [0, 0.1) is 17.7 Å². The molecule has 0 spiro atoms. The Morgan fingerprint density at radius 1 is 0.900 bits per heavy atom. The molecule has 0 N–H and O–H groups in total. The van der Waals surface area contributed by atoms with Gasteiger partial charge in [0.2, 0.25) is 0 Å². The van der Waals surface area contributed by atoms with Crippen molar-refractivity contribution in [2.24, 2.45) is 0 Å². The molecule has 0 fully saturated rings. The van der Waals surface area contributed by atoms with Gasteiger partial charge in [0.05, 0.1) is 0 Å². The van der Waals surface area contributed by atoms with Crippen molar-refractivity contribution >= 4 is 20.8 Å². The summed E-state index contributed by atoms with van der Waals surface area (Å²) in [5.74, 6) is 0.197. The molecule has 12 heteroatoms. The molecule has 30 heavy (non-hydrogen) atoms. The van der Waals surface area contributed by atoms with Crippen molar-refractivity contribution in [1.82, 2.24) is 34.7 Å². The van der Waals surface area contributed by atoms with Crippen molar-refractivity contribution in [3.63, 3.8) is 0 Å². The average Bonchev–Trinajstić information content (AvgIpc) is 3.50. The second kappa shape index (κ2) is 16.6. The molecule has 0 aliphatic heterocycles. The van der Waals surface area contributed by atoms with Crippen LogP contribution in [-0.4, -0.2) is 62.0 Å². The number of Topliss-reactive ketones (excluding diaryl/α,β-unsaturated/α-hetero) is 1. The first-order valence-corrected chi connectivity index (χ1v) is 11.4. The largest absolute Gasteiger partial charge is 0.425 e. The SMILES string of the molecule is CP(C)C.O=C1[CH][CH]C=CC1.[N]=O.[W].c1cnn([B-](n2cccn2)n2cccn2)c1. The predicted molar refractivity (Wildman–Crippen MR) is 116 cm³/mol. The monoisotopic (exact) mass is 596 g/mol. The summed E-state index contributed by atoms with van der Waals surface area (Å²) in [6.45, 7) is 6.69. The Morgan fingerprint density at radius 3 is 1.50 bits per heavy atom. The third-order valence-corrected chi connectivity index (χ3v) is 3.13. The maximum Gasteiger partial charge on any atom is 0.260 e. The van der Waals surface area contributed by atoms with Crippen molar-refractivity contribution in [2.75, 3.05) is 20.0 Å². The number of hydrogen-bond acceptors (Lipinski definition) is 5. The van der Waals surface area contributed by atoms with Crippen LogP contribution in [0.1, 0.15) is 6.42 Å². The molecular formula is C18H24BN7O2PW-. The fourth-order valence-electron chi connectivity index (χ4n) is 2.11. The second-order valence-corrected chi connectivity index (χ2v) is 8.79. The normalized spacial score (nSPS) is 12.0. The number of allylic oxidation sites excluding steroid dienone is 2. The zero-order valence-electron chi connectivity index (χ0n) is 17.1. The Hall–Kier alpha value is -2.18. The molecule has 0 bridgehead atoms. The van der Waals surface area contributed by atoms with Crippen molar-refractivity contribution in [3.8, 4) is 0 Å². The zero-order chi connectivity index (χ0) is 21.5. The quantitative estimate of drug-likeness (QED) is 0.340. The second-order valence-electron chi connectivity index (χ2n) is 6.10. The molecule has 3 heterocycles. The van der Waals surface area contributed by atoms with Gasteiger partial charge in [-0.25, -0.2) is 15.3 Å². The van der Waals surface area contributed by atoms with Crippen LogP contribution in [0.25, 0.3) is 0 Å². The van der Waals surface area contributed by atoms with E-state index in [1.165, 1.54) is 0 Å². The van der Waals surface area contributed by atoms with Crippen LogP contribution in [0.3, 0.4) is 0 Å². The van der Waals surface area contributed by atoms with Gasteiger partial charge in [0.15, 0.2) is 0 Å². The summed E-state index contributed by atoms with van der Waals surface area (Å²) in [5.41, 5.74) is 5.75. The van der Waals surface area contributed by atoms with Crippen molar-refractivity contribution in [1.29, 1.82) is 0 Å². The molecule has 158 valence electrons. The third-order valence-electron chi connectivity index (χ3n) is 3.13. The standard InChI is InChI=1S/C9H9BN6.C6H6O.C3H9P.NO.W/c1-4-11-14(7-1)10(15-8-2-5-12-15)16-9-3-6-13-16;7-6-4-2-1-3-5-6;1-4(2)3;1-2;/h1-9H;1-4H,5H2;1-3H3;;/q-1;;;;. The molecule has 0 saturated carbocycles.